The molecule has 2 aromatic carbocycles. The highest BCUT2D eigenvalue weighted by Crippen LogP contribution is 2.35. The Morgan fingerprint density at radius 1 is 1.16 bits per heavy atom. The number of fused-ring (bicyclic) bond motifs is 1. The van der Waals surface area contributed by atoms with Crippen LogP contribution >= 0.6 is 0 Å². The van der Waals surface area contributed by atoms with Gasteiger partial charge in [0.25, 0.3) is 5.69 Å². The molecule has 2 heterocycles. The number of ether oxygens (including phenoxy) is 1. The molecule has 2 N–H and O–H groups in total. The third kappa shape index (κ3) is 5.36. The molecule has 0 unspecified atom stereocenters. The van der Waals surface area contributed by atoms with E-state index in [-0.39, 0.29) is 17.3 Å². The molecule has 0 fully saturated rings. The average molecular weight is 504 g/mol. The maximum atomic E-state index is 12.5. The van der Waals surface area contributed by atoms with E-state index in [2.05, 4.69) is 20.3 Å². The highest BCUT2D eigenvalue weighted by Gasteiger charge is 2.23. The molecule has 0 spiro atoms. The van der Waals surface area contributed by atoms with Gasteiger partial charge in [-0.25, -0.2) is 14.8 Å². The van der Waals surface area contributed by atoms with Crippen LogP contribution in [0, 0.1) is 17.0 Å². The smallest absolute Gasteiger partial charge is 0.355 e. The Morgan fingerprint density at radius 3 is 2.62 bits per heavy atom. The van der Waals surface area contributed by atoms with Crippen molar-refractivity contribution in [3.63, 3.8) is 0 Å². The number of hydrogen-bond acceptors (Lipinski definition) is 9. The fraction of sp³-hybridized carbons (Fsp3) is 0.269. The lowest BCUT2D eigenvalue weighted by Gasteiger charge is -2.22. The van der Waals surface area contributed by atoms with Gasteiger partial charge in [0.05, 0.1) is 23.4 Å². The Hall–Kier alpha value is -4.51. The number of nitro groups is 1. The van der Waals surface area contributed by atoms with Gasteiger partial charge in [-0.3, -0.25) is 10.1 Å². The van der Waals surface area contributed by atoms with E-state index in [1.807, 2.05) is 62.1 Å². The lowest BCUT2D eigenvalue weighted by molar-refractivity contribution is -0.384. The minimum Gasteiger partial charge on any atom is -0.464 e. The number of aryl methyl sites for hydroxylation is 1. The van der Waals surface area contributed by atoms with Crippen LogP contribution in [0.15, 0.2) is 48.7 Å². The monoisotopic (exact) mass is 503 g/mol. The molecule has 11 nitrogen and oxygen atoms in total. The van der Waals surface area contributed by atoms with Crippen molar-refractivity contribution in [1.29, 1.82) is 0 Å². The normalized spacial score (nSPS) is 11.1. The molecular formula is C26H29N7O4. The highest BCUT2D eigenvalue weighted by molar-refractivity contribution is 6.07. The molecule has 0 saturated carbocycles. The Morgan fingerprint density at radius 2 is 1.92 bits per heavy atom. The first-order valence-electron chi connectivity index (χ1n) is 11.6. The summed E-state index contributed by atoms with van der Waals surface area (Å²) in [6, 6.07) is 12.5. The number of nitrogens with zero attached hydrogens (tertiary/aromatic N) is 5. The lowest BCUT2D eigenvalue weighted by atomic mass is 10.1. The van der Waals surface area contributed by atoms with Crippen LogP contribution in [0.2, 0.25) is 0 Å². The van der Waals surface area contributed by atoms with Crippen LogP contribution in [-0.2, 0) is 4.74 Å². The number of carbonyl (C=O) groups is 1. The van der Waals surface area contributed by atoms with E-state index in [0.29, 0.717) is 29.2 Å². The molecular weight excluding hydrogens is 474 g/mol. The minimum atomic E-state index is -0.514. The van der Waals surface area contributed by atoms with Crippen LogP contribution in [0.5, 0.6) is 0 Å². The van der Waals surface area contributed by atoms with E-state index in [4.69, 9.17) is 4.74 Å². The number of nitro benzene ring substituents is 1. The van der Waals surface area contributed by atoms with E-state index >= 15 is 0 Å². The van der Waals surface area contributed by atoms with Crippen molar-refractivity contribution in [2.24, 2.45) is 0 Å². The van der Waals surface area contributed by atoms with Crippen molar-refractivity contribution in [2.75, 3.05) is 51.6 Å². The summed E-state index contributed by atoms with van der Waals surface area (Å²) in [6.07, 6.45) is 1.57. The summed E-state index contributed by atoms with van der Waals surface area (Å²) >= 11 is 0. The Balaban J connectivity index is 1.72. The second-order valence-electron chi connectivity index (χ2n) is 8.94. The molecule has 0 atom stereocenters. The fourth-order valence-electron chi connectivity index (χ4n) is 4.08. The van der Waals surface area contributed by atoms with E-state index in [0.717, 1.165) is 23.0 Å². The molecule has 2 aromatic heterocycles. The van der Waals surface area contributed by atoms with Crippen LogP contribution in [0.4, 0.5) is 23.0 Å². The number of nitrogens with one attached hydrogen (secondary N) is 2. The second kappa shape index (κ2) is 10.6. The van der Waals surface area contributed by atoms with Gasteiger partial charge in [0.1, 0.15) is 11.4 Å². The molecule has 0 aliphatic heterocycles. The number of hydrogen-bond donors (Lipinski definition) is 2. The molecule has 0 saturated heterocycles. The van der Waals surface area contributed by atoms with Gasteiger partial charge in [0.2, 0.25) is 5.95 Å². The zero-order valence-corrected chi connectivity index (χ0v) is 21.4. The molecule has 0 radical (unpaired) electrons. The predicted molar refractivity (Wildman–Crippen MR) is 144 cm³/mol. The van der Waals surface area contributed by atoms with Crippen molar-refractivity contribution >= 4 is 39.9 Å². The zero-order valence-electron chi connectivity index (χ0n) is 21.4. The first-order chi connectivity index (χ1) is 17.7. The van der Waals surface area contributed by atoms with Gasteiger partial charge in [-0.1, -0.05) is 18.2 Å². The topological polar surface area (TPSA) is 130 Å². The Labute approximate surface area is 214 Å². The van der Waals surface area contributed by atoms with Crippen LogP contribution in [0.25, 0.3) is 22.2 Å². The molecule has 37 heavy (non-hydrogen) atoms. The number of carbonyl (C=O) groups excluding carboxylic acids is 1. The van der Waals surface area contributed by atoms with Crippen molar-refractivity contribution in [3.8, 4) is 11.3 Å². The number of anilines is 3. The fourth-order valence-corrected chi connectivity index (χ4v) is 4.08. The standard InChI is InChI=1S/C26H29N7O4/c1-16-14-21(32(4)13-12-31(2)3)22(33(35)36)15-20(16)30-26-27-11-10-19(29-26)23-17-8-6-7-9-18(17)28-24(23)25(34)37-5/h6-11,14-15,28H,12-13H2,1-5H3,(H,27,29,30). The summed E-state index contributed by atoms with van der Waals surface area (Å²) in [4.78, 5) is 39.9. The van der Waals surface area contributed by atoms with Crippen molar-refractivity contribution in [3.05, 3.63) is 70.0 Å². The minimum absolute atomic E-state index is 0.0184. The van der Waals surface area contributed by atoms with E-state index in [1.165, 1.54) is 13.2 Å². The van der Waals surface area contributed by atoms with Crippen molar-refractivity contribution in [2.45, 2.75) is 6.92 Å². The van der Waals surface area contributed by atoms with Crippen LogP contribution in [0.3, 0.4) is 0 Å². The van der Waals surface area contributed by atoms with Crippen LogP contribution in [-0.4, -0.2) is 72.1 Å². The number of H-pyrrole nitrogens is 1. The first-order valence-corrected chi connectivity index (χ1v) is 11.6. The van der Waals surface area contributed by atoms with Gasteiger partial charge in [-0.2, -0.15) is 0 Å². The third-order valence-electron chi connectivity index (χ3n) is 6.07. The largest absolute Gasteiger partial charge is 0.464 e. The average Bonchev–Trinajstić information content (AvgIpc) is 3.27. The summed E-state index contributed by atoms with van der Waals surface area (Å²) in [7, 11) is 7.07. The van der Waals surface area contributed by atoms with Gasteiger partial charge in [0, 0.05) is 48.9 Å². The molecule has 4 rings (SSSR count). The zero-order chi connectivity index (χ0) is 26.7. The predicted octanol–water partition coefficient (Wildman–Crippen LogP) is 4.37. The van der Waals surface area contributed by atoms with Gasteiger partial charge >= 0.3 is 5.97 Å². The van der Waals surface area contributed by atoms with E-state index in [9.17, 15) is 14.9 Å². The molecule has 11 heteroatoms. The van der Waals surface area contributed by atoms with Gasteiger partial charge in [-0.15, -0.1) is 0 Å². The summed E-state index contributed by atoms with van der Waals surface area (Å²) in [5, 5.41) is 15.8. The molecule has 0 amide bonds. The quantitative estimate of drug-likeness (QED) is 0.194. The number of aromatic amines is 1. The molecule has 0 bridgehead atoms. The number of benzene rings is 2. The number of rotatable bonds is 9. The SMILES string of the molecule is COC(=O)c1[nH]c2ccccc2c1-c1ccnc(Nc2cc([N+](=O)[O-])c(N(C)CCN(C)C)cc2C)n1. The summed E-state index contributed by atoms with van der Waals surface area (Å²) in [5.74, 6) is -0.274. The maximum Gasteiger partial charge on any atom is 0.355 e. The summed E-state index contributed by atoms with van der Waals surface area (Å²) in [6.45, 7) is 3.27. The number of esters is 1. The van der Waals surface area contributed by atoms with Gasteiger partial charge < -0.3 is 24.8 Å². The van der Waals surface area contributed by atoms with Crippen molar-refractivity contribution < 1.29 is 14.5 Å². The van der Waals surface area contributed by atoms with Crippen LogP contribution in [0.1, 0.15) is 16.1 Å². The molecule has 192 valence electrons. The van der Waals surface area contributed by atoms with Gasteiger partial charge in [0.15, 0.2) is 0 Å². The van der Waals surface area contributed by atoms with E-state index < -0.39 is 10.9 Å². The second-order valence-corrected chi connectivity index (χ2v) is 8.94. The molecule has 0 aliphatic carbocycles. The number of para-hydroxylation sites is 1. The Bertz CT molecular complexity index is 1460. The summed E-state index contributed by atoms with van der Waals surface area (Å²) in [5.41, 5.74) is 3.98. The number of methoxy groups -OCH3 is 1. The van der Waals surface area contributed by atoms with Gasteiger partial charge in [-0.05, 0) is 44.8 Å². The molecule has 4 aromatic rings. The highest BCUT2D eigenvalue weighted by atomic mass is 16.6. The number of aromatic nitrogens is 3. The maximum absolute atomic E-state index is 12.5. The van der Waals surface area contributed by atoms with Crippen molar-refractivity contribution in [1.82, 2.24) is 19.9 Å². The number of likely N-dealkylation sites (N-methyl/N-ethyl adjacent to an activating group) is 2. The van der Waals surface area contributed by atoms with Crippen LogP contribution < -0.4 is 10.2 Å². The van der Waals surface area contributed by atoms with E-state index in [1.54, 1.807) is 18.3 Å². The third-order valence-corrected chi connectivity index (χ3v) is 6.07. The Kier molecular flexibility index (Phi) is 7.35. The lowest BCUT2D eigenvalue weighted by Crippen LogP contribution is -2.29. The molecule has 0 aliphatic rings. The first kappa shape index (κ1) is 25.6. The summed E-state index contributed by atoms with van der Waals surface area (Å²) < 4.78 is 4.97.